The van der Waals surface area contributed by atoms with Crippen LogP contribution in [0.3, 0.4) is 0 Å². The molecular formula is C12H16BrFN2O. The molecule has 0 aliphatic heterocycles. The summed E-state index contributed by atoms with van der Waals surface area (Å²) < 4.78 is 14.1. The molecule has 0 saturated carbocycles. The Morgan fingerprint density at radius 2 is 2.12 bits per heavy atom. The van der Waals surface area contributed by atoms with Crippen LogP contribution in [0.5, 0.6) is 0 Å². The quantitative estimate of drug-likeness (QED) is 0.820. The summed E-state index contributed by atoms with van der Waals surface area (Å²) in [5, 5.41) is 5.82. The van der Waals surface area contributed by atoms with Gasteiger partial charge >= 0.3 is 0 Å². The van der Waals surface area contributed by atoms with Gasteiger partial charge in [-0.05, 0) is 18.2 Å². The van der Waals surface area contributed by atoms with E-state index in [9.17, 15) is 9.18 Å². The second kappa shape index (κ2) is 6.71. The van der Waals surface area contributed by atoms with E-state index in [2.05, 4.69) is 26.6 Å². The van der Waals surface area contributed by atoms with E-state index in [1.807, 2.05) is 13.8 Å². The van der Waals surface area contributed by atoms with Crippen LogP contribution < -0.4 is 10.6 Å². The molecule has 1 aromatic rings. The summed E-state index contributed by atoms with van der Waals surface area (Å²) in [6.07, 6.45) is 0. The largest absolute Gasteiger partial charge is 0.351 e. The summed E-state index contributed by atoms with van der Waals surface area (Å²) in [7, 11) is 0. The summed E-state index contributed by atoms with van der Waals surface area (Å²) >= 11 is 3.14. The van der Waals surface area contributed by atoms with Crippen LogP contribution in [0.1, 0.15) is 24.2 Å². The molecule has 0 aliphatic rings. The molecule has 0 unspecified atom stereocenters. The number of rotatable bonds is 5. The molecule has 0 aromatic heterocycles. The van der Waals surface area contributed by atoms with Crippen molar-refractivity contribution in [2.24, 2.45) is 0 Å². The van der Waals surface area contributed by atoms with Crippen molar-refractivity contribution in [3.05, 3.63) is 34.1 Å². The van der Waals surface area contributed by atoms with Crippen molar-refractivity contribution in [2.45, 2.75) is 19.9 Å². The lowest BCUT2D eigenvalue weighted by atomic mass is 10.2. The molecule has 0 heterocycles. The molecule has 5 heteroatoms. The lowest BCUT2D eigenvalue weighted by molar-refractivity contribution is 0.0949. The summed E-state index contributed by atoms with van der Waals surface area (Å²) in [6.45, 7) is 5.19. The summed E-state index contributed by atoms with van der Waals surface area (Å²) in [5.41, 5.74) is 0.0674. The number of hydrogen-bond acceptors (Lipinski definition) is 2. The number of amides is 1. The highest BCUT2D eigenvalue weighted by molar-refractivity contribution is 9.10. The first-order chi connectivity index (χ1) is 8.00. The SMILES string of the molecule is CC(C)NCCNC(=O)c1ccc(Br)cc1F. The van der Waals surface area contributed by atoms with Gasteiger partial charge in [-0.25, -0.2) is 4.39 Å². The van der Waals surface area contributed by atoms with E-state index in [-0.39, 0.29) is 11.5 Å². The zero-order valence-electron chi connectivity index (χ0n) is 9.89. The summed E-state index contributed by atoms with van der Waals surface area (Å²) in [5.74, 6) is -0.908. The van der Waals surface area contributed by atoms with Crippen molar-refractivity contribution in [3.8, 4) is 0 Å². The van der Waals surface area contributed by atoms with Gasteiger partial charge in [0.2, 0.25) is 0 Å². The molecule has 1 rings (SSSR count). The van der Waals surface area contributed by atoms with E-state index < -0.39 is 5.82 Å². The van der Waals surface area contributed by atoms with Crippen molar-refractivity contribution in [3.63, 3.8) is 0 Å². The molecule has 3 nitrogen and oxygen atoms in total. The van der Waals surface area contributed by atoms with Crippen LogP contribution in [-0.4, -0.2) is 25.0 Å². The van der Waals surface area contributed by atoms with Gasteiger partial charge in [0.15, 0.2) is 0 Å². The predicted octanol–water partition coefficient (Wildman–Crippen LogP) is 2.32. The van der Waals surface area contributed by atoms with Crippen LogP contribution in [0.15, 0.2) is 22.7 Å². The highest BCUT2D eigenvalue weighted by Gasteiger charge is 2.10. The normalized spacial score (nSPS) is 10.6. The maximum Gasteiger partial charge on any atom is 0.254 e. The molecule has 0 spiro atoms. The molecule has 94 valence electrons. The van der Waals surface area contributed by atoms with Gasteiger partial charge in [-0.1, -0.05) is 29.8 Å². The predicted molar refractivity (Wildman–Crippen MR) is 69.6 cm³/mol. The van der Waals surface area contributed by atoms with Crippen LogP contribution in [0, 0.1) is 5.82 Å². The average Bonchev–Trinajstić information content (AvgIpc) is 2.23. The number of carbonyl (C=O) groups is 1. The first kappa shape index (κ1) is 14.1. The highest BCUT2D eigenvalue weighted by Crippen LogP contribution is 2.14. The van der Waals surface area contributed by atoms with Crippen LogP contribution in [-0.2, 0) is 0 Å². The van der Waals surface area contributed by atoms with Crippen molar-refractivity contribution < 1.29 is 9.18 Å². The van der Waals surface area contributed by atoms with Gasteiger partial charge in [-0.3, -0.25) is 4.79 Å². The zero-order chi connectivity index (χ0) is 12.8. The minimum atomic E-state index is -0.520. The topological polar surface area (TPSA) is 41.1 Å². The fourth-order valence-electron chi connectivity index (χ4n) is 1.31. The molecule has 1 amide bonds. The Morgan fingerprint density at radius 3 is 2.71 bits per heavy atom. The number of carbonyl (C=O) groups excluding carboxylic acids is 1. The van der Waals surface area contributed by atoms with E-state index in [0.29, 0.717) is 23.6 Å². The van der Waals surface area contributed by atoms with E-state index >= 15 is 0 Å². The number of nitrogens with one attached hydrogen (secondary N) is 2. The average molecular weight is 303 g/mol. The molecule has 0 saturated heterocycles. The third-order valence-electron chi connectivity index (χ3n) is 2.14. The van der Waals surface area contributed by atoms with Crippen LogP contribution in [0.4, 0.5) is 4.39 Å². The molecule has 0 aliphatic carbocycles. The Bertz CT molecular complexity index is 396. The summed E-state index contributed by atoms with van der Waals surface area (Å²) in [4.78, 5) is 11.6. The fourth-order valence-corrected chi connectivity index (χ4v) is 1.64. The standard InChI is InChI=1S/C12H16BrFN2O/c1-8(2)15-5-6-16-12(17)10-4-3-9(13)7-11(10)14/h3-4,7-8,15H,5-6H2,1-2H3,(H,16,17). The minimum Gasteiger partial charge on any atom is -0.351 e. The smallest absolute Gasteiger partial charge is 0.254 e. The van der Waals surface area contributed by atoms with Gasteiger partial charge in [0.25, 0.3) is 5.91 Å². The summed E-state index contributed by atoms with van der Waals surface area (Å²) in [6, 6.07) is 4.76. The minimum absolute atomic E-state index is 0.0674. The number of hydrogen-bond donors (Lipinski definition) is 2. The monoisotopic (exact) mass is 302 g/mol. The van der Waals surface area contributed by atoms with Gasteiger partial charge in [0.05, 0.1) is 5.56 Å². The van der Waals surface area contributed by atoms with Crippen LogP contribution in [0.25, 0.3) is 0 Å². The number of halogens is 2. The van der Waals surface area contributed by atoms with Gasteiger partial charge in [0, 0.05) is 23.6 Å². The first-order valence-corrected chi connectivity index (χ1v) is 6.26. The molecule has 0 atom stereocenters. The van der Waals surface area contributed by atoms with Crippen LogP contribution in [0.2, 0.25) is 0 Å². The van der Waals surface area contributed by atoms with E-state index in [4.69, 9.17) is 0 Å². The number of benzene rings is 1. The van der Waals surface area contributed by atoms with Crippen LogP contribution >= 0.6 is 15.9 Å². The molecule has 2 N–H and O–H groups in total. The third kappa shape index (κ3) is 4.83. The maximum atomic E-state index is 13.4. The van der Waals surface area contributed by atoms with Gasteiger partial charge in [0.1, 0.15) is 5.82 Å². The third-order valence-corrected chi connectivity index (χ3v) is 2.63. The van der Waals surface area contributed by atoms with Crippen molar-refractivity contribution in [1.29, 1.82) is 0 Å². The second-order valence-corrected chi connectivity index (χ2v) is 4.90. The van der Waals surface area contributed by atoms with E-state index in [0.717, 1.165) is 0 Å². The molecule has 17 heavy (non-hydrogen) atoms. The zero-order valence-corrected chi connectivity index (χ0v) is 11.5. The Labute approximate surface area is 109 Å². The molecule has 0 fully saturated rings. The van der Waals surface area contributed by atoms with Crippen molar-refractivity contribution >= 4 is 21.8 Å². The molecule has 0 radical (unpaired) electrons. The second-order valence-electron chi connectivity index (χ2n) is 3.99. The van der Waals surface area contributed by atoms with E-state index in [1.165, 1.54) is 12.1 Å². The molecular weight excluding hydrogens is 287 g/mol. The molecule has 1 aromatic carbocycles. The lowest BCUT2D eigenvalue weighted by Crippen LogP contribution is -2.34. The Hall–Kier alpha value is -0.940. The Balaban J connectivity index is 2.47. The Morgan fingerprint density at radius 1 is 1.41 bits per heavy atom. The Kier molecular flexibility index (Phi) is 5.58. The maximum absolute atomic E-state index is 13.4. The lowest BCUT2D eigenvalue weighted by Gasteiger charge is -2.09. The van der Waals surface area contributed by atoms with Gasteiger partial charge in [-0.2, -0.15) is 0 Å². The van der Waals surface area contributed by atoms with Gasteiger partial charge < -0.3 is 10.6 Å². The van der Waals surface area contributed by atoms with E-state index in [1.54, 1.807) is 6.07 Å². The van der Waals surface area contributed by atoms with Crippen molar-refractivity contribution in [2.75, 3.05) is 13.1 Å². The van der Waals surface area contributed by atoms with Crippen molar-refractivity contribution in [1.82, 2.24) is 10.6 Å². The first-order valence-electron chi connectivity index (χ1n) is 5.47. The molecule has 0 bridgehead atoms. The fraction of sp³-hybridized carbons (Fsp3) is 0.417. The van der Waals surface area contributed by atoms with Gasteiger partial charge in [-0.15, -0.1) is 0 Å². The highest BCUT2D eigenvalue weighted by atomic mass is 79.9.